The second kappa shape index (κ2) is 9.20. The average Bonchev–Trinajstić information content (AvgIpc) is 2.61. The summed E-state index contributed by atoms with van der Waals surface area (Å²) in [6, 6.07) is 4.17. The van der Waals surface area contributed by atoms with Crippen molar-refractivity contribution < 1.29 is 23.9 Å². The summed E-state index contributed by atoms with van der Waals surface area (Å²) in [5.41, 5.74) is 0.171. The van der Waals surface area contributed by atoms with Gasteiger partial charge in [-0.05, 0) is 44.4 Å². The molecule has 0 aliphatic carbocycles. The molecule has 1 unspecified atom stereocenters. The smallest absolute Gasteiger partial charge is 0.340 e. The Morgan fingerprint density at radius 2 is 2.04 bits per heavy atom. The van der Waals surface area contributed by atoms with Crippen molar-refractivity contribution in [2.45, 2.75) is 32.2 Å². The molecule has 0 aromatic heterocycles. The number of carbonyl (C=O) groups is 3. The Hall–Kier alpha value is -1.60. The van der Waals surface area contributed by atoms with Crippen LogP contribution in [0.1, 0.15) is 36.5 Å². The third-order valence-corrected chi connectivity index (χ3v) is 4.68. The van der Waals surface area contributed by atoms with Crippen molar-refractivity contribution in [2.75, 3.05) is 19.8 Å². The molecule has 25 heavy (non-hydrogen) atoms. The van der Waals surface area contributed by atoms with Crippen LogP contribution in [0.5, 0.6) is 0 Å². The van der Waals surface area contributed by atoms with Crippen molar-refractivity contribution in [3.05, 3.63) is 33.3 Å². The molecule has 1 fully saturated rings. The van der Waals surface area contributed by atoms with Crippen molar-refractivity contribution in [1.29, 1.82) is 0 Å². The summed E-state index contributed by atoms with van der Waals surface area (Å²) in [5.74, 6) is -1.53. The first-order valence-electron chi connectivity index (χ1n) is 8.02. The molecule has 136 valence electrons. The standard InChI is InChI=1S/C17H19BrClNO5/c1-2-24-17(23)14-5-3-4-8-20(14)15(21)10-25-16(22)12-9-11(18)6-7-13(12)19/h6-7,9,14H,2-5,8,10H2,1H3. The molecule has 1 aliphatic heterocycles. The van der Waals surface area contributed by atoms with Crippen LogP contribution in [0.3, 0.4) is 0 Å². The molecule has 1 aliphatic rings. The average molecular weight is 433 g/mol. The van der Waals surface area contributed by atoms with Gasteiger partial charge in [-0.2, -0.15) is 0 Å². The molecule has 1 aromatic rings. The van der Waals surface area contributed by atoms with E-state index in [9.17, 15) is 14.4 Å². The molecule has 0 radical (unpaired) electrons. The Morgan fingerprint density at radius 1 is 1.28 bits per heavy atom. The molecule has 1 aromatic carbocycles. The zero-order valence-corrected chi connectivity index (χ0v) is 16.1. The molecule has 8 heteroatoms. The van der Waals surface area contributed by atoms with Crippen molar-refractivity contribution in [2.24, 2.45) is 0 Å². The molecule has 0 bridgehead atoms. The lowest BCUT2D eigenvalue weighted by Crippen LogP contribution is -2.50. The first-order valence-corrected chi connectivity index (χ1v) is 9.19. The van der Waals surface area contributed by atoms with Gasteiger partial charge in [-0.25, -0.2) is 9.59 Å². The van der Waals surface area contributed by atoms with Crippen LogP contribution in [0.4, 0.5) is 0 Å². The van der Waals surface area contributed by atoms with Gasteiger partial charge in [0.25, 0.3) is 5.91 Å². The normalized spacial score (nSPS) is 17.1. The number of esters is 2. The molecule has 1 atom stereocenters. The highest BCUT2D eigenvalue weighted by molar-refractivity contribution is 9.10. The Morgan fingerprint density at radius 3 is 2.76 bits per heavy atom. The maximum absolute atomic E-state index is 12.4. The first kappa shape index (κ1) is 19.7. The Labute approximate surface area is 159 Å². The van der Waals surface area contributed by atoms with Gasteiger partial charge in [0.05, 0.1) is 17.2 Å². The van der Waals surface area contributed by atoms with Crippen molar-refractivity contribution in [3.8, 4) is 0 Å². The van der Waals surface area contributed by atoms with Gasteiger partial charge in [-0.15, -0.1) is 0 Å². The number of halogens is 2. The lowest BCUT2D eigenvalue weighted by molar-refractivity contribution is -0.157. The van der Waals surface area contributed by atoms with E-state index in [1.54, 1.807) is 19.1 Å². The lowest BCUT2D eigenvalue weighted by atomic mass is 10.0. The van der Waals surface area contributed by atoms with E-state index >= 15 is 0 Å². The number of benzene rings is 1. The minimum absolute atomic E-state index is 0.171. The van der Waals surface area contributed by atoms with Crippen LogP contribution in [0.15, 0.2) is 22.7 Å². The molecule has 1 saturated heterocycles. The number of nitrogens with zero attached hydrogens (tertiary/aromatic N) is 1. The first-order chi connectivity index (χ1) is 11.9. The van der Waals surface area contributed by atoms with Gasteiger partial charge in [0, 0.05) is 11.0 Å². The number of ether oxygens (including phenoxy) is 2. The summed E-state index contributed by atoms with van der Waals surface area (Å²) in [6.07, 6.45) is 2.20. The number of hydrogen-bond donors (Lipinski definition) is 0. The summed E-state index contributed by atoms with van der Waals surface area (Å²) in [5, 5.41) is 0.239. The SMILES string of the molecule is CCOC(=O)C1CCCCN1C(=O)COC(=O)c1cc(Br)ccc1Cl. The predicted molar refractivity (Wildman–Crippen MR) is 95.4 cm³/mol. The zero-order valence-electron chi connectivity index (χ0n) is 13.8. The second-order valence-electron chi connectivity index (χ2n) is 5.55. The summed E-state index contributed by atoms with van der Waals surface area (Å²) in [4.78, 5) is 38.0. The molecular weight excluding hydrogens is 414 g/mol. The highest BCUT2D eigenvalue weighted by atomic mass is 79.9. The van der Waals surface area contributed by atoms with Gasteiger partial charge < -0.3 is 14.4 Å². The minimum atomic E-state index is -0.690. The van der Waals surface area contributed by atoms with E-state index in [1.807, 2.05) is 0 Å². The number of carbonyl (C=O) groups excluding carboxylic acids is 3. The van der Waals surface area contributed by atoms with Crippen LogP contribution >= 0.6 is 27.5 Å². The van der Waals surface area contributed by atoms with Gasteiger partial charge in [0.15, 0.2) is 6.61 Å². The van der Waals surface area contributed by atoms with E-state index in [0.717, 1.165) is 12.8 Å². The van der Waals surface area contributed by atoms with Gasteiger partial charge in [-0.3, -0.25) is 4.79 Å². The molecule has 1 heterocycles. The fraction of sp³-hybridized carbons (Fsp3) is 0.471. The fourth-order valence-corrected chi connectivity index (χ4v) is 3.21. The Balaban J connectivity index is 1.99. The van der Waals surface area contributed by atoms with E-state index in [0.29, 0.717) is 17.4 Å². The largest absolute Gasteiger partial charge is 0.464 e. The van der Waals surface area contributed by atoms with Crippen LogP contribution in [0, 0.1) is 0 Å². The predicted octanol–water partition coefficient (Wildman–Crippen LogP) is 3.20. The molecule has 0 saturated carbocycles. The summed E-state index contributed by atoms with van der Waals surface area (Å²) >= 11 is 9.23. The van der Waals surface area contributed by atoms with E-state index < -0.39 is 30.5 Å². The van der Waals surface area contributed by atoms with Crippen LogP contribution in [0.25, 0.3) is 0 Å². The van der Waals surface area contributed by atoms with Gasteiger partial charge >= 0.3 is 11.9 Å². The summed E-state index contributed by atoms with van der Waals surface area (Å²) in [6.45, 7) is 1.97. The van der Waals surface area contributed by atoms with Crippen LogP contribution < -0.4 is 0 Å². The van der Waals surface area contributed by atoms with Crippen molar-refractivity contribution >= 4 is 45.4 Å². The molecule has 0 spiro atoms. The molecule has 1 amide bonds. The number of piperidine rings is 1. The van der Waals surface area contributed by atoms with E-state index in [1.165, 1.54) is 11.0 Å². The maximum atomic E-state index is 12.4. The Kier molecular flexibility index (Phi) is 7.25. The van der Waals surface area contributed by atoms with Crippen molar-refractivity contribution in [1.82, 2.24) is 4.90 Å². The summed E-state index contributed by atoms with van der Waals surface area (Å²) in [7, 11) is 0. The van der Waals surface area contributed by atoms with Gasteiger partial charge in [-0.1, -0.05) is 27.5 Å². The number of hydrogen-bond acceptors (Lipinski definition) is 5. The van der Waals surface area contributed by atoms with E-state index in [4.69, 9.17) is 21.1 Å². The van der Waals surface area contributed by atoms with Crippen LogP contribution in [0.2, 0.25) is 5.02 Å². The van der Waals surface area contributed by atoms with Gasteiger partial charge in [0.1, 0.15) is 6.04 Å². The van der Waals surface area contributed by atoms with E-state index in [-0.39, 0.29) is 17.2 Å². The Bertz CT molecular complexity index is 666. The quantitative estimate of drug-likeness (QED) is 0.668. The lowest BCUT2D eigenvalue weighted by Gasteiger charge is -2.33. The number of amides is 1. The molecule has 2 rings (SSSR count). The topological polar surface area (TPSA) is 72.9 Å². The fourth-order valence-electron chi connectivity index (χ4n) is 2.66. The van der Waals surface area contributed by atoms with Crippen LogP contribution in [-0.2, 0) is 19.1 Å². The molecule has 6 nitrogen and oxygen atoms in total. The molecule has 0 N–H and O–H groups in total. The van der Waals surface area contributed by atoms with Crippen molar-refractivity contribution in [3.63, 3.8) is 0 Å². The van der Waals surface area contributed by atoms with Crippen LogP contribution in [-0.4, -0.2) is 48.5 Å². The monoisotopic (exact) mass is 431 g/mol. The third kappa shape index (κ3) is 5.19. The summed E-state index contributed by atoms with van der Waals surface area (Å²) < 4.78 is 10.8. The minimum Gasteiger partial charge on any atom is -0.464 e. The number of rotatable bonds is 5. The highest BCUT2D eigenvalue weighted by Crippen LogP contribution is 2.22. The highest BCUT2D eigenvalue weighted by Gasteiger charge is 2.33. The molecular formula is C17H19BrClNO5. The number of likely N-dealkylation sites (tertiary alicyclic amines) is 1. The zero-order chi connectivity index (χ0) is 18.4. The van der Waals surface area contributed by atoms with E-state index in [2.05, 4.69) is 15.9 Å². The third-order valence-electron chi connectivity index (χ3n) is 3.86. The maximum Gasteiger partial charge on any atom is 0.340 e. The second-order valence-corrected chi connectivity index (χ2v) is 6.87. The van der Waals surface area contributed by atoms with Gasteiger partial charge in [0.2, 0.25) is 0 Å².